The Morgan fingerprint density at radius 3 is 2.38 bits per heavy atom. The maximum Gasteiger partial charge on any atom is 0.251 e. The number of anilines is 1. The lowest BCUT2D eigenvalue weighted by Gasteiger charge is -2.17. The Morgan fingerprint density at radius 2 is 1.71 bits per heavy atom. The predicted octanol–water partition coefficient (Wildman–Crippen LogP) is 2.61. The van der Waals surface area contributed by atoms with Crippen LogP contribution in [-0.2, 0) is 6.54 Å². The number of aromatic nitrogens is 1. The predicted molar refractivity (Wildman–Crippen MR) is 83.3 cm³/mol. The zero-order valence-corrected chi connectivity index (χ0v) is 12.0. The van der Waals surface area contributed by atoms with E-state index >= 15 is 0 Å². The molecule has 0 spiro atoms. The van der Waals surface area contributed by atoms with Gasteiger partial charge in [0, 0.05) is 43.3 Å². The molecule has 0 saturated carbocycles. The molecular weight excluding hydrogens is 262 g/mol. The normalized spacial score (nSPS) is 14.2. The summed E-state index contributed by atoms with van der Waals surface area (Å²) in [5, 5.41) is 2.92. The summed E-state index contributed by atoms with van der Waals surface area (Å²) in [6.45, 7) is 2.76. The number of pyridine rings is 1. The third kappa shape index (κ3) is 3.40. The summed E-state index contributed by atoms with van der Waals surface area (Å²) >= 11 is 0. The van der Waals surface area contributed by atoms with Gasteiger partial charge in [-0.2, -0.15) is 0 Å². The van der Waals surface area contributed by atoms with Gasteiger partial charge in [-0.15, -0.1) is 0 Å². The molecule has 4 heteroatoms. The monoisotopic (exact) mass is 281 g/mol. The number of rotatable bonds is 4. The number of hydrogen-bond donors (Lipinski definition) is 1. The molecule has 108 valence electrons. The first-order valence-corrected chi connectivity index (χ1v) is 7.35. The van der Waals surface area contributed by atoms with Crippen LogP contribution in [0.4, 0.5) is 5.69 Å². The minimum Gasteiger partial charge on any atom is -0.372 e. The topological polar surface area (TPSA) is 45.2 Å². The summed E-state index contributed by atoms with van der Waals surface area (Å²) in [6.07, 6.45) is 5.97. The molecule has 3 rings (SSSR count). The van der Waals surface area contributed by atoms with Crippen LogP contribution in [-0.4, -0.2) is 24.0 Å². The smallest absolute Gasteiger partial charge is 0.251 e. The average molecular weight is 281 g/mol. The molecule has 1 aromatic carbocycles. The SMILES string of the molecule is O=C(NCc1ccncc1)c1ccc(N2CCCC2)cc1. The summed E-state index contributed by atoms with van der Waals surface area (Å²) in [5.74, 6) is -0.0419. The molecule has 0 bridgehead atoms. The molecule has 1 N–H and O–H groups in total. The van der Waals surface area contributed by atoms with Gasteiger partial charge in [-0.25, -0.2) is 0 Å². The van der Waals surface area contributed by atoms with Gasteiger partial charge in [0.2, 0.25) is 0 Å². The standard InChI is InChI=1S/C17H19N3O/c21-17(19-13-14-7-9-18-10-8-14)15-3-5-16(6-4-15)20-11-1-2-12-20/h3-10H,1-2,11-13H2,(H,19,21). The molecule has 1 aliphatic rings. The third-order valence-corrected chi connectivity index (χ3v) is 3.80. The fourth-order valence-corrected chi connectivity index (χ4v) is 2.58. The van der Waals surface area contributed by atoms with Crippen molar-refractivity contribution in [3.8, 4) is 0 Å². The fraction of sp³-hybridized carbons (Fsp3) is 0.294. The lowest BCUT2D eigenvalue weighted by atomic mass is 10.1. The summed E-state index contributed by atoms with van der Waals surface area (Å²) < 4.78 is 0. The number of nitrogens with zero attached hydrogens (tertiary/aromatic N) is 2. The van der Waals surface area contributed by atoms with Crippen molar-refractivity contribution < 1.29 is 4.79 Å². The van der Waals surface area contributed by atoms with Gasteiger partial charge in [-0.05, 0) is 54.8 Å². The first-order valence-electron chi connectivity index (χ1n) is 7.35. The Bertz CT molecular complexity index is 589. The highest BCUT2D eigenvalue weighted by Gasteiger charge is 2.12. The van der Waals surface area contributed by atoms with Crippen molar-refractivity contribution in [2.24, 2.45) is 0 Å². The first-order chi connectivity index (χ1) is 10.3. The van der Waals surface area contributed by atoms with Gasteiger partial charge in [0.1, 0.15) is 0 Å². The van der Waals surface area contributed by atoms with Crippen molar-refractivity contribution in [1.82, 2.24) is 10.3 Å². The van der Waals surface area contributed by atoms with Gasteiger partial charge in [-0.1, -0.05) is 0 Å². The average Bonchev–Trinajstić information content (AvgIpc) is 3.08. The number of carbonyl (C=O) groups excluding carboxylic acids is 1. The second-order valence-corrected chi connectivity index (χ2v) is 5.28. The van der Waals surface area contributed by atoms with Crippen LogP contribution in [0.1, 0.15) is 28.8 Å². The van der Waals surface area contributed by atoms with E-state index in [9.17, 15) is 4.79 Å². The van der Waals surface area contributed by atoms with Crippen molar-refractivity contribution in [2.75, 3.05) is 18.0 Å². The van der Waals surface area contributed by atoms with Gasteiger partial charge in [0.25, 0.3) is 5.91 Å². The lowest BCUT2D eigenvalue weighted by Crippen LogP contribution is -2.23. The van der Waals surface area contributed by atoms with Crippen molar-refractivity contribution >= 4 is 11.6 Å². The molecule has 2 heterocycles. The minimum atomic E-state index is -0.0419. The number of hydrogen-bond acceptors (Lipinski definition) is 3. The van der Waals surface area contributed by atoms with E-state index in [0.29, 0.717) is 12.1 Å². The second-order valence-electron chi connectivity index (χ2n) is 5.28. The number of carbonyl (C=O) groups is 1. The largest absolute Gasteiger partial charge is 0.372 e. The van der Waals surface area contributed by atoms with E-state index in [2.05, 4.69) is 15.2 Å². The van der Waals surface area contributed by atoms with Crippen molar-refractivity contribution in [1.29, 1.82) is 0 Å². The number of benzene rings is 1. The Hall–Kier alpha value is -2.36. The van der Waals surface area contributed by atoms with Crippen LogP contribution < -0.4 is 10.2 Å². The molecule has 2 aromatic rings. The molecule has 0 radical (unpaired) electrons. The maximum atomic E-state index is 12.1. The molecule has 0 atom stereocenters. The number of amides is 1. The molecule has 0 unspecified atom stereocenters. The molecule has 1 fully saturated rings. The summed E-state index contributed by atoms with van der Waals surface area (Å²) in [4.78, 5) is 18.4. The third-order valence-electron chi connectivity index (χ3n) is 3.80. The Labute approximate surface area is 124 Å². The molecule has 0 aliphatic carbocycles. The lowest BCUT2D eigenvalue weighted by molar-refractivity contribution is 0.0951. The highest BCUT2D eigenvalue weighted by atomic mass is 16.1. The van der Waals surface area contributed by atoms with E-state index in [1.165, 1.54) is 18.5 Å². The van der Waals surface area contributed by atoms with Crippen LogP contribution in [0.5, 0.6) is 0 Å². The maximum absolute atomic E-state index is 12.1. The highest BCUT2D eigenvalue weighted by Crippen LogP contribution is 2.20. The number of nitrogens with one attached hydrogen (secondary N) is 1. The van der Waals surface area contributed by atoms with Gasteiger partial charge in [0.15, 0.2) is 0 Å². The first kappa shape index (κ1) is 13.6. The van der Waals surface area contributed by atoms with Crippen LogP contribution in [0, 0.1) is 0 Å². The Morgan fingerprint density at radius 1 is 1.05 bits per heavy atom. The Kier molecular flexibility index (Phi) is 4.15. The zero-order chi connectivity index (χ0) is 14.5. The fourth-order valence-electron chi connectivity index (χ4n) is 2.58. The molecule has 1 saturated heterocycles. The second kappa shape index (κ2) is 6.39. The molecular formula is C17H19N3O. The van der Waals surface area contributed by atoms with E-state index in [-0.39, 0.29) is 5.91 Å². The zero-order valence-electron chi connectivity index (χ0n) is 12.0. The van der Waals surface area contributed by atoms with E-state index < -0.39 is 0 Å². The van der Waals surface area contributed by atoms with Crippen LogP contribution in [0.15, 0.2) is 48.8 Å². The van der Waals surface area contributed by atoms with Gasteiger partial charge < -0.3 is 10.2 Å². The molecule has 1 amide bonds. The van der Waals surface area contributed by atoms with Gasteiger partial charge in [-0.3, -0.25) is 9.78 Å². The summed E-state index contributed by atoms with van der Waals surface area (Å²) in [6, 6.07) is 11.7. The molecule has 1 aliphatic heterocycles. The molecule has 21 heavy (non-hydrogen) atoms. The van der Waals surface area contributed by atoms with Crippen molar-refractivity contribution in [3.63, 3.8) is 0 Å². The van der Waals surface area contributed by atoms with Crippen LogP contribution in [0.3, 0.4) is 0 Å². The van der Waals surface area contributed by atoms with Crippen LogP contribution in [0.2, 0.25) is 0 Å². The summed E-state index contributed by atoms with van der Waals surface area (Å²) in [7, 11) is 0. The minimum absolute atomic E-state index is 0.0419. The Balaban J connectivity index is 1.59. The van der Waals surface area contributed by atoms with E-state index in [1.807, 2.05) is 36.4 Å². The van der Waals surface area contributed by atoms with Crippen LogP contribution in [0.25, 0.3) is 0 Å². The highest BCUT2D eigenvalue weighted by molar-refractivity contribution is 5.94. The quantitative estimate of drug-likeness (QED) is 0.937. The molecule has 4 nitrogen and oxygen atoms in total. The van der Waals surface area contributed by atoms with Crippen molar-refractivity contribution in [2.45, 2.75) is 19.4 Å². The van der Waals surface area contributed by atoms with Crippen LogP contribution >= 0.6 is 0 Å². The van der Waals surface area contributed by atoms with Crippen molar-refractivity contribution in [3.05, 3.63) is 59.9 Å². The van der Waals surface area contributed by atoms with E-state index in [0.717, 1.165) is 18.7 Å². The van der Waals surface area contributed by atoms with Gasteiger partial charge in [0.05, 0.1) is 0 Å². The van der Waals surface area contributed by atoms with E-state index in [4.69, 9.17) is 0 Å². The van der Waals surface area contributed by atoms with Gasteiger partial charge >= 0.3 is 0 Å². The molecule has 1 aromatic heterocycles. The summed E-state index contributed by atoms with van der Waals surface area (Å²) in [5.41, 5.74) is 2.96. The van der Waals surface area contributed by atoms with E-state index in [1.54, 1.807) is 12.4 Å².